The SMILES string of the molecule is O=S(=O)(NC1CCN(c2ncnc3c2CCCC3)CC1)c1cnc[nH]1. The second-order valence-electron chi connectivity index (χ2n) is 6.63. The van der Waals surface area contributed by atoms with E-state index < -0.39 is 10.0 Å². The van der Waals surface area contributed by atoms with Gasteiger partial charge in [0.05, 0.1) is 12.5 Å². The number of aromatic nitrogens is 4. The molecule has 1 fully saturated rings. The van der Waals surface area contributed by atoms with Crippen molar-refractivity contribution in [1.82, 2.24) is 24.7 Å². The zero-order valence-corrected chi connectivity index (χ0v) is 14.8. The Morgan fingerprint density at radius 2 is 1.96 bits per heavy atom. The molecule has 1 saturated heterocycles. The van der Waals surface area contributed by atoms with Gasteiger partial charge in [-0.3, -0.25) is 0 Å². The molecule has 0 radical (unpaired) electrons. The monoisotopic (exact) mass is 362 g/mol. The minimum atomic E-state index is -3.53. The van der Waals surface area contributed by atoms with Crippen LogP contribution < -0.4 is 9.62 Å². The van der Waals surface area contributed by atoms with Crippen LogP contribution in [0.3, 0.4) is 0 Å². The molecule has 9 heteroatoms. The van der Waals surface area contributed by atoms with Crippen LogP contribution in [0.4, 0.5) is 5.82 Å². The van der Waals surface area contributed by atoms with Crippen molar-refractivity contribution in [3.05, 3.63) is 30.1 Å². The molecule has 0 bridgehead atoms. The number of aryl methyl sites for hydroxylation is 1. The largest absolute Gasteiger partial charge is 0.356 e. The minimum Gasteiger partial charge on any atom is -0.356 e. The van der Waals surface area contributed by atoms with E-state index in [1.165, 1.54) is 36.6 Å². The number of nitrogens with one attached hydrogen (secondary N) is 2. The fraction of sp³-hybridized carbons (Fsp3) is 0.562. The highest BCUT2D eigenvalue weighted by Gasteiger charge is 2.27. The molecule has 0 amide bonds. The maximum Gasteiger partial charge on any atom is 0.257 e. The van der Waals surface area contributed by atoms with Gasteiger partial charge in [0.15, 0.2) is 5.03 Å². The Labute approximate surface area is 147 Å². The highest BCUT2D eigenvalue weighted by atomic mass is 32.2. The van der Waals surface area contributed by atoms with Crippen LogP contribution in [-0.4, -0.2) is 47.5 Å². The fourth-order valence-corrected chi connectivity index (χ4v) is 4.87. The van der Waals surface area contributed by atoms with Gasteiger partial charge in [-0.2, -0.15) is 0 Å². The molecule has 134 valence electrons. The molecule has 1 aliphatic heterocycles. The Bertz CT molecular complexity index is 828. The summed E-state index contributed by atoms with van der Waals surface area (Å²) in [6.45, 7) is 1.58. The first-order valence-corrected chi connectivity index (χ1v) is 10.2. The highest BCUT2D eigenvalue weighted by Crippen LogP contribution is 2.29. The van der Waals surface area contributed by atoms with Gasteiger partial charge in [0.2, 0.25) is 0 Å². The van der Waals surface area contributed by atoms with Gasteiger partial charge >= 0.3 is 0 Å². The summed E-state index contributed by atoms with van der Waals surface area (Å²) in [6, 6.07) is -0.0674. The van der Waals surface area contributed by atoms with E-state index in [-0.39, 0.29) is 11.1 Å². The fourth-order valence-electron chi connectivity index (χ4n) is 3.66. The molecular weight excluding hydrogens is 340 g/mol. The van der Waals surface area contributed by atoms with E-state index in [9.17, 15) is 8.42 Å². The van der Waals surface area contributed by atoms with Crippen molar-refractivity contribution in [1.29, 1.82) is 0 Å². The molecule has 0 atom stereocenters. The quantitative estimate of drug-likeness (QED) is 0.842. The average Bonchev–Trinajstić information content (AvgIpc) is 3.17. The van der Waals surface area contributed by atoms with Gasteiger partial charge in [-0.15, -0.1) is 0 Å². The normalized spacial score (nSPS) is 19.0. The predicted molar refractivity (Wildman–Crippen MR) is 92.8 cm³/mol. The van der Waals surface area contributed by atoms with E-state index in [2.05, 4.69) is 29.6 Å². The molecule has 0 unspecified atom stereocenters. The Kier molecular flexibility index (Phi) is 4.43. The van der Waals surface area contributed by atoms with Gasteiger partial charge in [-0.1, -0.05) is 0 Å². The first-order chi connectivity index (χ1) is 12.1. The highest BCUT2D eigenvalue weighted by molar-refractivity contribution is 7.89. The summed E-state index contributed by atoms with van der Waals surface area (Å²) in [6.07, 6.45) is 10.3. The second-order valence-corrected chi connectivity index (χ2v) is 8.31. The lowest BCUT2D eigenvalue weighted by Gasteiger charge is -2.34. The lowest BCUT2D eigenvalue weighted by Crippen LogP contribution is -2.45. The van der Waals surface area contributed by atoms with E-state index in [4.69, 9.17) is 0 Å². The van der Waals surface area contributed by atoms with Crippen molar-refractivity contribution in [2.75, 3.05) is 18.0 Å². The summed E-state index contributed by atoms with van der Waals surface area (Å²) >= 11 is 0. The third-order valence-electron chi connectivity index (χ3n) is 4.98. The number of sulfonamides is 1. The van der Waals surface area contributed by atoms with Crippen LogP contribution in [0.2, 0.25) is 0 Å². The number of rotatable bonds is 4. The van der Waals surface area contributed by atoms with Crippen LogP contribution in [0.5, 0.6) is 0 Å². The molecule has 8 nitrogen and oxygen atoms in total. The summed E-state index contributed by atoms with van der Waals surface area (Å²) in [5, 5.41) is 0.111. The van der Waals surface area contributed by atoms with E-state index in [0.29, 0.717) is 0 Å². The summed E-state index contributed by atoms with van der Waals surface area (Å²) in [4.78, 5) is 17.6. The molecule has 2 aliphatic rings. The Morgan fingerprint density at radius 3 is 2.72 bits per heavy atom. The molecule has 0 aromatic carbocycles. The standard InChI is InChI=1S/C16H22N6O2S/c23-25(24,15-9-17-10-19-15)21-12-5-7-22(8-6-12)16-13-3-1-2-4-14(13)18-11-20-16/h9-12,21H,1-8H2,(H,17,19). The van der Waals surface area contributed by atoms with Crippen molar-refractivity contribution >= 4 is 15.8 Å². The van der Waals surface area contributed by atoms with Gasteiger partial charge in [0.25, 0.3) is 10.0 Å². The predicted octanol–water partition coefficient (Wildman–Crippen LogP) is 1.03. The third kappa shape index (κ3) is 3.38. The Morgan fingerprint density at radius 1 is 1.16 bits per heavy atom. The van der Waals surface area contributed by atoms with Crippen LogP contribution in [0, 0.1) is 0 Å². The van der Waals surface area contributed by atoms with E-state index in [0.717, 1.165) is 44.6 Å². The maximum atomic E-state index is 12.3. The van der Waals surface area contributed by atoms with Crippen LogP contribution in [-0.2, 0) is 22.9 Å². The molecule has 2 aromatic rings. The number of aromatic amines is 1. The molecule has 3 heterocycles. The third-order valence-corrected chi connectivity index (χ3v) is 6.43. The van der Waals surface area contributed by atoms with E-state index in [1.807, 2.05) is 0 Å². The average molecular weight is 362 g/mol. The first-order valence-electron chi connectivity index (χ1n) is 8.72. The molecule has 1 aliphatic carbocycles. The Balaban J connectivity index is 1.42. The summed E-state index contributed by atoms with van der Waals surface area (Å²) in [7, 11) is -3.53. The molecule has 4 rings (SSSR count). The number of imidazole rings is 1. The minimum absolute atomic E-state index is 0.0674. The lowest BCUT2D eigenvalue weighted by molar-refractivity contribution is 0.456. The molecule has 25 heavy (non-hydrogen) atoms. The molecule has 2 N–H and O–H groups in total. The van der Waals surface area contributed by atoms with Crippen molar-refractivity contribution < 1.29 is 8.42 Å². The van der Waals surface area contributed by atoms with Crippen LogP contribution in [0.15, 0.2) is 23.9 Å². The maximum absolute atomic E-state index is 12.3. The zero-order valence-electron chi connectivity index (χ0n) is 14.0. The van der Waals surface area contributed by atoms with Crippen LogP contribution in [0.1, 0.15) is 36.9 Å². The Hall–Kier alpha value is -2.00. The van der Waals surface area contributed by atoms with Crippen molar-refractivity contribution in [3.8, 4) is 0 Å². The molecule has 2 aromatic heterocycles. The first kappa shape index (κ1) is 16.5. The van der Waals surface area contributed by atoms with Crippen molar-refractivity contribution in [3.63, 3.8) is 0 Å². The molecule has 0 saturated carbocycles. The van der Waals surface area contributed by atoms with E-state index in [1.54, 1.807) is 6.33 Å². The van der Waals surface area contributed by atoms with Crippen molar-refractivity contribution in [2.45, 2.75) is 49.6 Å². The number of hydrogen-bond donors (Lipinski definition) is 2. The number of H-pyrrole nitrogens is 1. The lowest BCUT2D eigenvalue weighted by atomic mass is 9.95. The summed E-state index contributed by atoms with van der Waals surface area (Å²) < 4.78 is 27.3. The smallest absolute Gasteiger partial charge is 0.257 e. The van der Waals surface area contributed by atoms with Gasteiger partial charge < -0.3 is 9.88 Å². The van der Waals surface area contributed by atoms with Gasteiger partial charge in [-0.05, 0) is 38.5 Å². The number of hydrogen-bond acceptors (Lipinski definition) is 6. The van der Waals surface area contributed by atoms with Gasteiger partial charge in [0, 0.05) is 30.4 Å². The van der Waals surface area contributed by atoms with Gasteiger partial charge in [-0.25, -0.2) is 28.1 Å². The second kappa shape index (κ2) is 6.72. The summed E-state index contributed by atoms with van der Waals surface area (Å²) in [5.74, 6) is 1.04. The zero-order chi connectivity index (χ0) is 17.3. The number of piperidine rings is 1. The number of fused-ring (bicyclic) bond motifs is 1. The topological polar surface area (TPSA) is 104 Å². The van der Waals surface area contributed by atoms with Crippen molar-refractivity contribution in [2.24, 2.45) is 0 Å². The van der Waals surface area contributed by atoms with Crippen LogP contribution >= 0.6 is 0 Å². The number of anilines is 1. The van der Waals surface area contributed by atoms with Crippen LogP contribution in [0.25, 0.3) is 0 Å². The summed E-state index contributed by atoms with van der Waals surface area (Å²) in [5.41, 5.74) is 2.46. The molecule has 0 spiro atoms. The molecular formula is C16H22N6O2S. The van der Waals surface area contributed by atoms with Gasteiger partial charge in [0.1, 0.15) is 12.1 Å². The number of nitrogens with zero attached hydrogens (tertiary/aromatic N) is 4. The van der Waals surface area contributed by atoms with E-state index >= 15 is 0 Å².